The molecule has 14 heavy (non-hydrogen) atoms. The molecule has 4 heteroatoms. The largest absolute Gasteiger partial charge is 0.338 e. The Labute approximate surface area is 84.1 Å². The fourth-order valence-corrected chi connectivity index (χ4v) is 1.58. The molecule has 1 saturated heterocycles. The molecule has 1 aliphatic rings. The third-order valence-corrected chi connectivity index (χ3v) is 2.47. The average molecular weight is 195 g/mol. The predicted molar refractivity (Wildman–Crippen MR) is 53.0 cm³/mol. The molecule has 2 heterocycles. The van der Waals surface area contributed by atoms with Crippen LogP contribution < -0.4 is 5.32 Å². The van der Waals surface area contributed by atoms with E-state index in [9.17, 15) is 0 Å². The SMILES string of the molecule is CC(C)(C)c1noc(C2CCCN2)n1. The van der Waals surface area contributed by atoms with Gasteiger partial charge in [0.2, 0.25) is 5.89 Å². The van der Waals surface area contributed by atoms with E-state index in [4.69, 9.17) is 4.52 Å². The molecule has 1 aromatic rings. The van der Waals surface area contributed by atoms with Crippen molar-refractivity contribution in [2.24, 2.45) is 0 Å². The molecule has 1 unspecified atom stereocenters. The molecule has 0 bridgehead atoms. The molecule has 0 aliphatic carbocycles. The quantitative estimate of drug-likeness (QED) is 0.742. The molecular weight excluding hydrogens is 178 g/mol. The highest BCUT2D eigenvalue weighted by Gasteiger charge is 2.26. The lowest BCUT2D eigenvalue weighted by molar-refractivity contribution is 0.335. The Kier molecular flexibility index (Phi) is 2.31. The van der Waals surface area contributed by atoms with Crippen molar-refractivity contribution in [2.45, 2.75) is 45.1 Å². The minimum Gasteiger partial charge on any atom is -0.338 e. The van der Waals surface area contributed by atoms with Crippen LogP contribution >= 0.6 is 0 Å². The smallest absolute Gasteiger partial charge is 0.243 e. The molecule has 0 saturated carbocycles. The Hall–Kier alpha value is -0.900. The highest BCUT2D eigenvalue weighted by atomic mass is 16.5. The van der Waals surface area contributed by atoms with E-state index < -0.39 is 0 Å². The third-order valence-electron chi connectivity index (χ3n) is 2.47. The Bertz CT molecular complexity index is 307. The molecule has 4 nitrogen and oxygen atoms in total. The van der Waals surface area contributed by atoms with Crippen LogP contribution in [0.15, 0.2) is 4.52 Å². The van der Waals surface area contributed by atoms with Crippen molar-refractivity contribution in [3.63, 3.8) is 0 Å². The van der Waals surface area contributed by atoms with Crippen LogP contribution in [0.4, 0.5) is 0 Å². The summed E-state index contributed by atoms with van der Waals surface area (Å²) in [6.45, 7) is 7.31. The zero-order valence-electron chi connectivity index (χ0n) is 9.00. The summed E-state index contributed by atoms with van der Waals surface area (Å²) in [5, 5.41) is 7.35. The highest BCUT2D eigenvalue weighted by molar-refractivity contribution is 5.02. The van der Waals surface area contributed by atoms with Gasteiger partial charge < -0.3 is 9.84 Å². The van der Waals surface area contributed by atoms with Crippen molar-refractivity contribution in [3.05, 3.63) is 11.7 Å². The van der Waals surface area contributed by atoms with E-state index in [2.05, 4.69) is 36.2 Å². The predicted octanol–water partition coefficient (Wildman–Crippen LogP) is 1.79. The molecule has 0 amide bonds. The molecular formula is C10H17N3O. The van der Waals surface area contributed by atoms with Crippen LogP contribution in [0, 0.1) is 0 Å². The van der Waals surface area contributed by atoms with Gasteiger partial charge in [0.25, 0.3) is 0 Å². The van der Waals surface area contributed by atoms with E-state index in [1.54, 1.807) is 0 Å². The van der Waals surface area contributed by atoms with Crippen molar-refractivity contribution in [1.82, 2.24) is 15.5 Å². The lowest BCUT2D eigenvalue weighted by Gasteiger charge is -2.11. The molecule has 78 valence electrons. The van der Waals surface area contributed by atoms with Gasteiger partial charge in [0, 0.05) is 5.41 Å². The number of nitrogens with one attached hydrogen (secondary N) is 1. The molecule has 1 aliphatic heterocycles. The van der Waals surface area contributed by atoms with Crippen molar-refractivity contribution >= 4 is 0 Å². The number of nitrogens with zero attached hydrogens (tertiary/aromatic N) is 2. The Morgan fingerprint density at radius 2 is 2.21 bits per heavy atom. The van der Waals surface area contributed by atoms with Crippen molar-refractivity contribution in [2.75, 3.05) is 6.54 Å². The topological polar surface area (TPSA) is 51.0 Å². The maximum atomic E-state index is 5.25. The molecule has 1 N–H and O–H groups in total. The van der Waals surface area contributed by atoms with Gasteiger partial charge in [0.1, 0.15) is 0 Å². The first-order valence-corrected chi connectivity index (χ1v) is 5.15. The normalized spacial score (nSPS) is 22.9. The second-order valence-corrected chi connectivity index (χ2v) is 4.86. The summed E-state index contributed by atoms with van der Waals surface area (Å²) in [5.74, 6) is 1.54. The maximum Gasteiger partial charge on any atom is 0.243 e. The summed E-state index contributed by atoms with van der Waals surface area (Å²) in [7, 11) is 0. The molecule has 0 radical (unpaired) electrons. The first kappa shape index (κ1) is 9.65. The van der Waals surface area contributed by atoms with Gasteiger partial charge >= 0.3 is 0 Å². The van der Waals surface area contributed by atoms with E-state index in [0.717, 1.165) is 24.7 Å². The lowest BCUT2D eigenvalue weighted by atomic mass is 9.96. The van der Waals surface area contributed by atoms with Gasteiger partial charge in [-0.25, -0.2) is 0 Å². The summed E-state index contributed by atoms with van der Waals surface area (Å²) in [4.78, 5) is 4.42. The van der Waals surface area contributed by atoms with Gasteiger partial charge in [0.15, 0.2) is 5.82 Å². The monoisotopic (exact) mass is 195 g/mol. The van der Waals surface area contributed by atoms with Crippen LogP contribution in [0.1, 0.15) is 51.4 Å². The Morgan fingerprint density at radius 1 is 1.43 bits per heavy atom. The summed E-state index contributed by atoms with van der Waals surface area (Å²) < 4.78 is 5.25. The molecule has 0 spiro atoms. The van der Waals surface area contributed by atoms with Gasteiger partial charge in [0.05, 0.1) is 6.04 Å². The van der Waals surface area contributed by atoms with Gasteiger partial charge in [-0.1, -0.05) is 25.9 Å². The minimum atomic E-state index is -0.0274. The van der Waals surface area contributed by atoms with Gasteiger partial charge in [-0.3, -0.25) is 0 Å². The van der Waals surface area contributed by atoms with Crippen molar-refractivity contribution in [3.8, 4) is 0 Å². The summed E-state index contributed by atoms with van der Waals surface area (Å²) >= 11 is 0. The Morgan fingerprint density at radius 3 is 2.71 bits per heavy atom. The Balaban J connectivity index is 2.17. The summed E-state index contributed by atoms with van der Waals surface area (Å²) in [6, 6.07) is 0.276. The first-order valence-electron chi connectivity index (χ1n) is 5.15. The number of aromatic nitrogens is 2. The minimum absolute atomic E-state index is 0.0274. The zero-order chi connectivity index (χ0) is 10.2. The second-order valence-electron chi connectivity index (χ2n) is 4.86. The van der Waals surface area contributed by atoms with Gasteiger partial charge in [-0.05, 0) is 19.4 Å². The molecule has 1 atom stereocenters. The van der Waals surface area contributed by atoms with Crippen LogP contribution in [0.5, 0.6) is 0 Å². The summed E-state index contributed by atoms with van der Waals surface area (Å²) in [6.07, 6.45) is 2.30. The standard InChI is InChI=1S/C10H17N3O/c1-10(2,3)9-12-8(14-13-9)7-5-4-6-11-7/h7,11H,4-6H2,1-3H3. The van der Waals surface area contributed by atoms with Gasteiger partial charge in [-0.2, -0.15) is 4.98 Å². The van der Waals surface area contributed by atoms with Crippen LogP contribution in [0.25, 0.3) is 0 Å². The van der Waals surface area contributed by atoms with E-state index in [1.165, 1.54) is 6.42 Å². The molecule has 0 aromatic carbocycles. The van der Waals surface area contributed by atoms with Gasteiger partial charge in [-0.15, -0.1) is 0 Å². The van der Waals surface area contributed by atoms with Crippen LogP contribution in [0.2, 0.25) is 0 Å². The highest BCUT2D eigenvalue weighted by Crippen LogP contribution is 2.24. The molecule has 1 aromatic heterocycles. The van der Waals surface area contributed by atoms with Crippen LogP contribution in [-0.2, 0) is 5.41 Å². The maximum absolute atomic E-state index is 5.25. The number of hydrogen-bond donors (Lipinski definition) is 1. The first-order chi connectivity index (χ1) is 6.57. The van der Waals surface area contributed by atoms with E-state index >= 15 is 0 Å². The van der Waals surface area contributed by atoms with Crippen LogP contribution in [-0.4, -0.2) is 16.7 Å². The molecule has 2 rings (SSSR count). The fourth-order valence-electron chi connectivity index (χ4n) is 1.58. The fraction of sp³-hybridized carbons (Fsp3) is 0.800. The van der Waals surface area contributed by atoms with Crippen LogP contribution in [0.3, 0.4) is 0 Å². The molecule has 1 fully saturated rings. The van der Waals surface area contributed by atoms with E-state index in [1.807, 2.05) is 0 Å². The van der Waals surface area contributed by atoms with E-state index in [0.29, 0.717) is 0 Å². The second kappa shape index (κ2) is 3.35. The lowest BCUT2D eigenvalue weighted by Crippen LogP contribution is -2.15. The van der Waals surface area contributed by atoms with E-state index in [-0.39, 0.29) is 11.5 Å². The third kappa shape index (κ3) is 1.80. The number of hydrogen-bond acceptors (Lipinski definition) is 4. The summed E-state index contributed by atoms with van der Waals surface area (Å²) in [5.41, 5.74) is -0.0274. The number of rotatable bonds is 1. The zero-order valence-corrected chi connectivity index (χ0v) is 9.00. The van der Waals surface area contributed by atoms with Crippen molar-refractivity contribution < 1.29 is 4.52 Å². The average Bonchev–Trinajstić information content (AvgIpc) is 2.73. The van der Waals surface area contributed by atoms with Crippen molar-refractivity contribution in [1.29, 1.82) is 0 Å².